The highest BCUT2D eigenvalue weighted by molar-refractivity contribution is 7.08. The average Bonchev–Trinajstić information content (AvgIpc) is 4.03. The quantitative estimate of drug-likeness (QED) is 0.0391. The van der Waals surface area contributed by atoms with Gasteiger partial charge < -0.3 is 26.6 Å². The van der Waals surface area contributed by atoms with Crippen molar-refractivity contribution in [1.82, 2.24) is 50.4 Å². The number of anilines is 8. The van der Waals surface area contributed by atoms with Crippen LogP contribution >= 0.6 is 34.0 Å². The van der Waals surface area contributed by atoms with E-state index in [2.05, 4.69) is 132 Å². The Morgan fingerprint density at radius 2 is 1.02 bits per heavy atom. The molecule has 0 radical (unpaired) electrons. The molecule has 0 atom stereocenters. The molecule has 0 aliphatic carbocycles. The Morgan fingerprint density at radius 1 is 0.537 bits per heavy atom. The van der Waals surface area contributed by atoms with Crippen LogP contribution < -0.4 is 47.6 Å². The number of thiophene rings is 3. The van der Waals surface area contributed by atoms with Gasteiger partial charge in [-0.25, -0.2) is 5.01 Å². The second kappa shape index (κ2) is 19.1. The zero-order chi connectivity index (χ0) is 37.5. The van der Waals surface area contributed by atoms with E-state index < -0.39 is 0 Å². The van der Waals surface area contributed by atoms with Crippen molar-refractivity contribution in [2.75, 3.05) is 89.9 Å². The molecule has 0 unspecified atom stereocenters. The van der Waals surface area contributed by atoms with E-state index in [1.54, 1.807) is 72.2 Å². The van der Waals surface area contributed by atoms with Crippen molar-refractivity contribution in [2.45, 2.75) is 19.3 Å². The predicted molar refractivity (Wildman–Crippen MR) is 216 cm³/mol. The van der Waals surface area contributed by atoms with Crippen LogP contribution in [0.3, 0.4) is 0 Å². The normalized spacial score (nSPS) is 11.0. The minimum Gasteiger partial charge on any atom is -0.357 e. The Labute approximate surface area is 323 Å². The highest BCUT2D eigenvalue weighted by Gasteiger charge is 2.18. The van der Waals surface area contributed by atoms with E-state index in [1.807, 2.05) is 10.8 Å². The van der Waals surface area contributed by atoms with Gasteiger partial charge >= 0.3 is 0 Å². The number of hydrogen-bond donors (Lipinski definition) is 7. The summed E-state index contributed by atoms with van der Waals surface area (Å²) in [7, 11) is 6.94. The molecule has 0 saturated heterocycles. The van der Waals surface area contributed by atoms with Crippen LogP contribution in [-0.2, 0) is 19.3 Å². The lowest BCUT2D eigenvalue weighted by atomic mass is 10.2. The van der Waals surface area contributed by atoms with Crippen LogP contribution in [0.15, 0.2) is 60.8 Å². The van der Waals surface area contributed by atoms with Crippen molar-refractivity contribution in [2.24, 2.45) is 10.3 Å². The molecule has 20 nitrogen and oxygen atoms in total. The maximum Gasteiger partial charge on any atom is 0.277 e. The van der Waals surface area contributed by atoms with E-state index >= 15 is 0 Å². The minimum absolute atomic E-state index is 0.0433. The van der Waals surface area contributed by atoms with Crippen molar-refractivity contribution in [3.63, 3.8) is 0 Å². The number of nitrogens with zero attached hydrogens (tertiary/aromatic N) is 13. The van der Waals surface area contributed by atoms with Gasteiger partial charge in [-0.05, 0) is 91.7 Å². The van der Waals surface area contributed by atoms with Crippen LogP contribution in [0.5, 0.6) is 0 Å². The molecule has 0 amide bonds. The van der Waals surface area contributed by atoms with Gasteiger partial charge in [-0.3, -0.25) is 10.4 Å². The van der Waals surface area contributed by atoms with Gasteiger partial charge in [0, 0.05) is 47.8 Å². The molecule has 6 aromatic rings. The van der Waals surface area contributed by atoms with Gasteiger partial charge in [0.15, 0.2) is 0 Å². The molecule has 282 valence electrons. The van der Waals surface area contributed by atoms with Gasteiger partial charge in [0.25, 0.3) is 17.8 Å². The second-order valence-electron chi connectivity index (χ2n) is 11.1. The summed E-state index contributed by atoms with van der Waals surface area (Å²) in [5.41, 5.74) is 9.82. The average molecular weight is 789 g/mol. The van der Waals surface area contributed by atoms with E-state index in [-0.39, 0.29) is 23.8 Å². The highest BCUT2D eigenvalue weighted by atomic mass is 32.1. The Morgan fingerprint density at radius 3 is 1.59 bits per heavy atom. The lowest BCUT2D eigenvalue weighted by Crippen LogP contribution is -2.37. The van der Waals surface area contributed by atoms with Crippen molar-refractivity contribution < 1.29 is 0 Å². The predicted octanol–water partition coefficient (Wildman–Crippen LogP) is 4.58. The summed E-state index contributed by atoms with van der Waals surface area (Å²) >= 11 is 4.94. The first-order valence-corrected chi connectivity index (χ1v) is 19.6. The second-order valence-corrected chi connectivity index (χ2v) is 13.5. The molecule has 0 spiro atoms. The van der Waals surface area contributed by atoms with Gasteiger partial charge in [0.05, 0.1) is 0 Å². The number of rotatable bonds is 21. The van der Waals surface area contributed by atoms with E-state index in [4.69, 9.17) is 0 Å². The molecule has 6 heterocycles. The summed E-state index contributed by atoms with van der Waals surface area (Å²) in [6, 6.07) is 6.25. The third-order valence-electron chi connectivity index (χ3n) is 7.47. The molecule has 23 heteroatoms. The number of nitrogens with one attached hydrogen (secondary N) is 7. The summed E-state index contributed by atoms with van der Waals surface area (Å²) in [6.07, 6.45) is 2.21. The van der Waals surface area contributed by atoms with Crippen LogP contribution in [0.4, 0.5) is 53.5 Å². The molecule has 0 aromatic carbocycles. The molecule has 7 N–H and O–H groups in total. The van der Waals surface area contributed by atoms with E-state index in [0.717, 1.165) is 17.5 Å². The zero-order valence-electron chi connectivity index (χ0n) is 30.0. The standard InChI is InChI=1S/C31H40N20S3/c1-32-23-38-27(36-11-5-20-8-14-52-17-20)41-29(40-23)47-50(12-6-21-9-15-53-18-21)30-42-26(35-4)39-28(45-30)46-48-49-51(13-7-22-10-16-54-19-22)31-43-24(33-2)37-25(34-3)44-31/h8-10,14-19H,5-7,11-13H2,1-4H3,(H2,33,34,37,43,44)(H3,32,36,38,40,41,47)(H2,35,39,42,45,46,49). The van der Waals surface area contributed by atoms with Crippen LogP contribution in [0.2, 0.25) is 0 Å². The highest BCUT2D eigenvalue weighted by Crippen LogP contribution is 2.20. The molecule has 54 heavy (non-hydrogen) atoms. The largest absolute Gasteiger partial charge is 0.357 e. The van der Waals surface area contributed by atoms with Gasteiger partial charge in [0.2, 0.25) is 35.7 Å². The Hall–Kier alpha value is -6.07. The fourth-order valence-electron chi connectivity index (χ4n) is 4.70. The molecule has 0 fully saturated rings. The fourth-order valence-corrected chi connectivity index (χ4v) is 6.81. The molecular formula is C31H40N20S3. The van der Waals surface area contributed by atoms with Crippen molar-refractivity contribution in [3.8, 4) is 0 Å². The Balaban J connectivity index is 1.25. The van der Waals surface area contributed by atoms with Crippen LogP contribution in [0, 0.1) is 0 Å². The zero-order valence-corrected chi connectivity index (χ0v) is 32.4. The lowest BCUT2D eigenvalue weighted by Gasteiger charge is -2.24. The van der Waals surface area contributed by atoms with Crippen LogP contribution in [0.25, 0.3) is 0 Å². The van der Waals surface area contributed by atoms with Crippen molar-refractivity contribution >= 4 is 87.5 Å². The Kier molecular flexibility index (Phi) is 13.4. The van der Waals surface area contributed by atoms with Crippen LogP contribution in [0.1, 0.15) is 16.7 Å². The molecule has 6 aromatic heterocycles. The number of hydrazine groups is 2. The third-order valence-corrected chi connectivity index (χ3v) is 9.67. The van der Waals surface area contributed by atoms with E-state index in [9.17, 15) is 0 Å². The van der Waals surface area contributed by atoms with Crippen molar-refractivity contribution in [1.29, 1.82) is 0 Å². The molecule has 6 rings (SSSR count). The molecule has 0 bridgehead atoms. The molecule has 0 aliphatic heterocycles. The van der Waals surface area contributed by atoms with Crippen LogP contribution in [-0.4, -0.2) is 92.7 Å². The smallest absolute Gasteiger partial charge is 0.277 e. The summed E-state index contributed by atoms with van der Waals surface area (Å²) < 4.78 is 0. The maximum atomic E-state index is 4.66. The van der Waals surface area contributed by atoms with Crippen molar-refractivity contribution in [3.05, 3.63) is 67.2 Å². The third kappa shape index (κ3) is 10.7. The maximum absolute atomic E-state index is 4.66. The fraction of sp³-hybridized carbons (Fsp3) is 0.323. The van der Waals surface area contributed by atoms with E-state index in [0.29, 0.717) is 62.2 Å². The summed E-state index contributed by atoms with van der Waals surface area (Å²) in [5, 5.41) is 39.7. The summed E-state index contributed by atoms with van der Waals surface area (Å²) in [5.74, 6) is 2.80. The molecular weight excluding hydrogens is 749 g/mol. The van der Waals surface area contributed by atoms with E-state index in [1.165, 1.54) is 5.56 Å². The molecule has 0 aliphatic rings. The minimum atomic E-state index is 0.0433. The Bertz CT molecular complexity index is 2020. The van der Waals surface area contributed by atoms with Gasteiger partial charge in [-0.1, -0.05) is 5.11 Å². The van der Waals surface area contributed by atoms with Gasteiger partial charge in [0.1, 0.15) is 0 Å². The monoisotopic (exact) mass is 788 g/mol. The molecule has 0 saturated carbocycles. The topological polar surface area (TPSA) is 231 Å². The SMILES string of the molecule is CNc1nc(NCCc2ccsc2)nc(NN(CCc2ccsc2)c2nc(N=NNN(CCc3ccsc3)c3nc(NC)nc(NC)n3)nc(NC)n2)n1. The lowest BCUT2D eigenvalue weighted by molar-refractivity contribution is 0.604. The first-order valence-electron chi connectivity index (χ1n) is 16.8. The first kappa shape index (κ1) is 37.7. The number of aromatic nitrogens is 9. The summed E-state index contributed by atoms with van der Waals surface area (Å²) in [4.78, 5) is 40.8. The van der Waals surface area contributed by atoms with Gasteiger partial charge in [-0.2, -0.15) is 84.4 Å². The first-order chi connectivity index (χ1) is 26.5. The summed E-state index contributed by atoms with van der Waals surface area (Å²) in [6.45, 7) is 1.58. The number of hydrogen-bond acceptors (Lipinski definition) is 22. The van der Waals surface area contributed by atoms with Gasteiger partial charge in [-0.15, -0.1) is 0 Å².